The molecular formula is C27H30N2O6. The molecule has 0 unspecified atom stereocenters. The van der Waals surface area contributed by atoms with E-state index in [1.54, 1.807) is 0 Å². The molecule has 8 nitrogen and oxygen atoms in total. The van der Waals surface area contributed by atoms with Crippen LogP contribution in [0.25, 0.3) is 11.1 Å². The summed E-state index contributed by atoms with van der Waals surface area (Å²) in [6, 6.07) is 16.1. The molecule has 2 aliphatic rings. The van der Waals surface area contributed by atoms with E-state index in [1.165, 1.54) is 11.1 Å². The van der Waals surface area contributed by atoms with Crippen LogP contribution < -0.4 is 10.6 Å². The van der Waals surface area contributed by atoms with Crippen LogP contribution >= 0.6 is 0 Å². The van der Waals surface area contributed by atoms with Crippen LogP contribution in [0.15, 0.2) is 60.7 Å². The number of nitrogens with one attached hydrogen (secondary N) is 2. The minimum Gasteiger partial charge on any atom is -0.481 e. The fourth-order valence-electron chi connectivity index (χ4n) is 4.65. The van der Waals surface area contributed by atoms with Crippen molar-refractivity contribution in [1.82, 2.24) is 10.6 Å². The van der Waals surface area contributed by atoms with Gasteiger partial charge in [0.05, 0.1) is 25.7 Å². The molecule has 0 radical (unpaired) electrons. The summed E-state index contributed by atoms with van der Waals surface area (Å²) in [5, 5.41) is 14.3. The third-order valence-corrected chi connectivity index (χ3v) is 6.35. The zero-order chi connectivity index (χ0) is 24.6. The quantitative estimate of drug-likeness (QED) is 0.356. The molecule has 3 N–H and O–H groups in total. The van der Waals surface area contributed by atoms with Gasteiger partial charge in [-0.1, -0.05) is 60.7 Å². The lowest BCUT2D eigenvalue weighted by Gasteiger charge is -2.25. The summed E-state index contributed by atoms with van der Waals surface area (Å²) in [6.45, 7) is 0.914. The van der Waals surface area contributed by atoms with Gasteiger partial charge >= 0.3 is 12.1 Å². The van der Waals surface area contributed by atoms with Gasteiger partial charge in [0.2, 0.25) is 5.91 Å². The van der Waals surface area contributed by atoms with Crippen molar-refractivity contribution >= 4 is 18.0 Å². The lowest BCUT2D eigenvalue weighted by atomic mass is 9.90. The van der Waals surface area contributed by atoms with Crippen LogP contribution in [0.2, 0.25) is 0 Å². The SMILES string of the molecule is O=C(O)CCOCCNC(=O)[C@@H]1CC=C[C@@H](NC(=O)OCC2c3ccccc3-c3ccccc32)C1. The van der Waals surface area contributed by atoms with Crippen LogP contribution in [-0.4, -0.2) is 55.5 Å². The summed E-state index contributed by atoms with van der Waals surface area (Å²) in [4.78, 5) is 35.5. The number of carbonyl (C=O) groups is 3. The lowest BCUT2D eigenvalue weighted by Crippen LogP contribution is -2.41. The topological polar surface area (TPSA) is 114 Å². The molecule has 0 saturated heterocycles. The van der Waals surface area contributed by atoms with Gasteiger partial charge in [-0.2, -0.15) is 0 Å². The largest absolute Gasteiger partial charge is 0.481 e. The summed E-state index contributed by atoms with van der Waals surface area (Å²) >= 11 is 0. The molecule has 2 aliphatic carbocycles. The van der Waals surface area contributed by atoms with Crippen LogP contribution in [0.3, 0.4) is 0 Å². The third-order valence-electron chi connectivity index (χ3n) is 6.35. The highest BCUT2D eigenvalue weighted by Crippen LogP contribution is 2.44. The molecule has 184 valence electrons. The molecule has 2 aromatic carbocycles. The summed E-state index contributed by atoms with van der Waals surface area (Å²) in [6.07, 6.45) is 4.28. The number of hydrogen-bond donors (Lipinski definition) is 3. The van der Waals surface area contributed by atoms with Gasteiger partial charge in [0.15, 0.2) is 0 Å². The maximum Gasteiger partial charge on any atom is 0.407 e. The molecule has 2 aromatic rings. The maximum absolute atomic E-state index is 12.6. The van der Waals surface area contributed by atoms with Gasteiger partial charge in [0.25, 0.3) is 0 Å². The summed E-state index contributed by atoms with van der Waals surface area (Å²) < 4.78 is 10.8. The highest BCUT2D eigenvalue weighted by molar-refractivity contribution is 5.80. The molecule has 0 aliphatic heterocycles. The minimum atomic E-state index is -0.919. The van der Waals surface area contributed by atoms with Gasteiger partial charge in [0.1, 0.15) is 6.61 Å². The average molecular weight is 479 g/mol. The van der Waals surface area contributed by atoms with E-state index in [0.29, 0.717) is 19.4 Å². The van der Waals surface area contributed by atoms with Crippen LogP contribution in [0.4, 0.5) is 4.79 Å². The van der Waals surface area contributed by atoms with Crippen molar-refractivity contribution in [3.05, 3.63) is 71.8 Å². The Kier molecular flexibility index (Phi) is 8.15. The molecule has 0 bridgehead atoms. The Morgan fingerprint density at radius 1 is 0.971 bits per heavy atom. The monoisotopic (exact) mass is 478 g/mol. The van der Waals surface area contributed by atoms with E-state index in [2.05, 4.69) is 34.9 Å². The van der Waals surface area contributed by atoms with Gasteiger partial charge in [-0.25, -0.2) is 4.79 Å². The Morgan fingerprint density at radius 3 is 2.34 bits per heavy atom. The molecule has 4 rings (SSSR count). The first-order valence-corrected chi connectivity index (χ1v) is 11.9. The summed E-state index contributed by atoms with van der Waals surface area (Å²) in [7, 11) is 0. The highest BCUT2D eigenvalue weighted by atomic mass is 16.5. The van der Waals surface area contributed by atoms with Gasteiger partial charge in [-0.05, 0) is 35.1 Å². The molecule has 2 atom stereocenters. The van der Waals surface area contributed by atoms with Gasteiger partial charge in [-0.15, -0.1) is 0 Å². The van der Waals surface area contributed by atoms with Gasteiger partial charge in [0, 0.05) is 18.4 Å². The predicted molar refractivity (Wildman–Crippen MR) is 130 cm³/mol. The molecule has 35 heavy (non-hydrogen) atoms. The predicted octanol–water partition coefficient (Wildman–Crippen LogP) is 3.47. The van der Waals surface area contributed by atoms with Gasteiger partial charge < -0.3 is 25.2 Å². The number of aliphatic carboxylic acids is 1. The van der Waals surface area contributed by atoms with E-state index in [0.717, 1.165) is 11.1 Å². The molecule has 0 fully saturated rings. The zero-order valence-electron chi connectivity index (χ0n) is 19.4. The number of allylic oxidation sites excluding steroid dienone is 1. The van der Waals surface area contributed by atoms with Crippen molar-refractivity contribution < 1.29 is 29.0 Å². The second-order valence-electron chi connectivity index (χ2n) is 8.72. The molecule has 0 heterocycles. The molecule has 8 heteroatoms. The van der Waals surface area contributed by atoms with Crippen molar-refractivity contribution in [2.75, 3.05) is 26.4 Å². The van der Waals surface area contributed by atoms with E-state index < -0.39 is 12.1 Å². The summed E-state index contributed by atoms with van der Waals surface area (Å²) in [5.41, 5.74) is 4.66. The number of carboxylic acids is 1. The number of carbonyl (C=O) groups excluding carboxylic acids is 2. The average Bonchev–Trinajstić information content (AvgIpc) is 3.18. The first kappa shape index (κ1) is 24.5. The number of alkyl carbamates (subject to hydrolysis) is 1. The highest BCUT2D eigenvalue weighted by Gasteiger charge is 2.30. The lowest BCUT2D eigenvalue weighted by molar-refractivity contribution is -0.138. The fourth-order valence-corrected chi connectivity index (χ4v) is 4.65. The molecule has 2 amide bonds. The molecule has 0 spiro atoms. The Morgan fingerprint density at radius 2 is 1.66 bits per heavy atom. The molecular weight excluding hydrogens is 448 g/mol. The number of benzene rings is 2. The number of ether oxygens (including phenoxy) is 2. The number of amides is 2. The van der Waals surface area contributed by atoms with E-state index in [9.17, 15) is 14.4 Å². The normalized spacial score (nSPS) is 18.4. The Labute approximate surface area is 204 Å². The number of rotatable bonds is 10. The fraction of sp³-hybridized carbons (Fsp3) is 0.370. The number of fused-ring (bicyclic) bond motifs is 3. The Hall–Kier alpha value is -3.65. The van der Waals surface area contributed by atoms with Crippen molar-refractivity contribution in [2.24, 2.45) is 5.92 Å². The van der Waals surface area contributed by atoms with E-state index >= 15 is 0 Å². The summed E-state index contributed by atoms with van der Waals surface area (Å²) in [5.74, 6) is -1.31. The van der Waals surface area contributed by atoms with Crippen LogP contribution in [0.1, 0.15) is 36.3 Å². The van der Waals surface area contributed by atoms with E-state index in [-0.39, 0.29) is 50.0 Å². The molecule has 0 aromatic heterocycles. The van der Waals surface area contributed by atoms with Crippen molar-refractivity contribution in [3.63, 3.8) is 0 Å². The first-order chi connectivity index (χ1) is 17.0. The van der Waals surface area contributed by atoms with Crippen molar-refractivity contribution in [1.29, 1.82) is 0 Å². The Balaban J connectivity index is 1.23. The Bertz CT molecular complexity index is 1050. The maximum atomic E-state index is 12.6. The van der Waals surface area contributed by atoms with Crippen molar-refractivity contribution in [2.45, 2.75) is 31.2 Å². The second-order valence-corrected chi connectivity index (χ2v) is 8.72. The first-order valence-electron chi connectivity index (χ1n) is 11.9. The van der Waals surface area contributed by atoms with Crippen molar-refractivity contribution in [3.8, 4) is 11.1 Å². The second kappa shape index (κ2) is 11.7. The minimum absolute atomic E-state index is 0.00806. The molecule has 0 saturated carbocycles. The smallest absolute Gasteiger partial charge is 0.407 e. The van der Waals surface area contributed by atoms with Crippen LogP contribution in [0, 0.1) is 5.92 Å². The van der Waals surface area contributed by atoms with Crippen LogP contribution in [-0.2, 0) is 19.1 Å². The van der Waals surface area contributed by atoms with E-state index in [1.807, 2.05) is 36.4 Å². The zero-order valence-corrected chi connectivity index (χ0v) is 19.4. The van der Waals surface area contributed by atoms with E-state index in [4.69, 9.17) is 14.6 Å². The number of carboxylic acid groups (broad SMARTS) is 1. The van der Waals surface area contributed by atoms with Crippen LogP contribution in [0.5, 0.6) is 0 Å². The number of hydrogen-bond acceptors (Lipinski definition) is 5. The third kappa shape index (κ3) is 6.27. The standard InChI is InChI=1S/C27H30N2O6/c30-25(31)12-14-34-15-13-28-26(32)18-6-5-7-19(16-18)29-27(33)35-17-24-22-10-3-1-8-20(22)21-9-2-4-11-23(21)24/h1-5,7-11,18-19,24H,6,12-17H2,(H,28,32)(H,29,33)(H,30,31)/t18-,19-/m1/s1. The van der Waals surface area contributed by atoms with Gasteiger partial charge in [-0.3, -0.25) is 9.59 Å².